The summed E-state index contributed by atoms with van der Waals surface area (Å²) < 4.78 is 0. The van der Waals surface area contributed by atoms with E-state index in [1.807, 2.05) is 0 Å². The summed E-state index contributed by atoms with van der Waals surface area (Å²) in [6.07, 6.45) is -0.326. The van der Waals surface area contributed by atoms with Crippen molar-refractivity contribution < 1.29 is 19.6 Å². The quantitative estimate of drug-likeness (QED) is 0.668. The Balaban J connectivity index is 2.46. The number of rotatable bonds is 4. The number of aliphatic imine (C=N–C) groups is 1. The van der Waals surface area contributed by atoms with Crippen molar-refractivity contribution in [3.8, 4) is 0 Å². The lowest BCUT2D eigenvalue weighted by atomic mass is 10.1. The maximum atomic E-state index is 12.4. The van der Waals surface area contributed by atoms with Crippen molar-refractivity contribution in [1.82, 2.24) is 0 Å². The van der Waals surface area contributed by atoms with Crippen LogP contribution in [0.5, 0.6) is 0 Å². The highest BCUT2D eigenvalue weighted by Gasteiger charge is 2.40. The first kappa shape index (κ1) is 16.0. The molecular formula is C13H13N3O5S. The largest absolute Gasteiger partial charge is 0.481 e. The van der Waals surface area contributed by atoms with Gasteiger partial charge in [0.15, 0.2) is 5.17 Å². The number of non-ortho nitro benzene ring substituents is 1. The van der Waals surface area contributed by atoms with Gasteiger partial charge in [-0.25, -0.2) is 0 Å². The number of aliphatic carboxylic acids is 1. The summed E-state index contributed by atoms with van der Waals surface area (Å²) in [7, 11) is 1.48. The number of carbonyl (C=O) groups excluding carboxylic acids is 1. The molecule has 22 heavy (non-hydrogen) atoms. The molecule has 0 spiro atoms. The van der Waals surface area contributed by atoms with E-state index in [1.54, 1.807) is 13.0 Å². The lowest BCUT2D eigenvalue weighted by Gasteiger charge is -2.18. The molecule has 0 radical (unpaired) electrons. The van der Waals surface area contributed by atoms with E-state index in [2.05, 4.69) is 4.99 Å². The van der Waals surface area contributed by atoms with Crippen molar-refractivity contribution in [2.45, 2.75) is 18.6 Å². The van der Waals surface area contributed by atoms with Gasteiger partial charge in [-0.2, -0.15) is 0 Å². The number of nitro groups is 1. The van der Waals surface area contributed by atoms with E-state index in [9.17, 15) is 19.7 Å². The standard InChI is InChI=1S/C13H13N3O5S/c1-7-3-4-8(16(20)21)5-9(7)15-12(19)10(6-11(17)18)22-13(15)14-2/h3-5,10H,6H2,1-2H3,(H,17,18)/t10-/m1/s1. The average molecular weight is 323 g/mol. The Bertz CT molecular complexity index is 688. The number of hydrogen-bond donors (Lipinski definition) is 1. The van der Waals surface area contributed by atoms with Crippen LogP contribution < -0.4 is 4.90 Å². The molecule has 2 rings (SSSR count). The summed E-state index contributed by atoms with van der Waals surface area (Å²) in [4.78, 5) is 38.9. The lowest BCUT2D eigenvalue weighted by Crippen LogP contribution is -2.33. The smallest absolute Gasteiger partial charge is 0.305 e. The second kappa shape index (κ2) is 6.14. The number of aryl methyl sites for hydroxylation is 1. The molecule has 0 saturated carbocycles. The van der Waals surface area contributed by atoms with Crippen LogP contribution in [0.4, 0.5) is 11.4 Å². The number of carboxylic acids is 1. The van der Waals surface area contributed by atoms with E-state index < -0.39 is 22.0 Å². The summed E-state index contributed by atoms with van der Waals surface area (Å²) in [6.45, 7) is 1.72. The molecule has 0 aromatic heterocycles. The molecule has 1 N–H and O–H groups in total. The van der Waals surface area contributed by atoms with Gasteiger partial charge in [-0.3, -0.25) is 29.6 Å². The molecule has 0 unspecified atom stereocenters. The van der Waals surface area contributed by atoms with E-state index in [0.717, 1.165) is 11.8 Å². The Hall–Kier alpha value is -2.42. The van der Waals surface area contributed by atoms with E-state index >= 15 is 0 Å². The minimum Gasteiger partial charge on any atom is -0.481 e. The van der Waals surface area contributed by atoms with Crippen LogP contribution in [0, 0.1) is 17.0 Å². The number of nitrogens with zero attached hydrogens (tertiary/aromatic N) is 3. The second-order valence-electron chi connectivity index (χ2n) is 4.61. The molecule has 0 aliphatic carbocycles. The topological polar surface area (TPSA) is 113 Å². The highest BCUT2D eigenvalue weighted by Crippen LogP contribution is 2.36. The third-order valence-electron chi connectivity index (χ3n) is 3.13. The van der Waals surface area contributed by atoms with Crippen LogP contribution in [0.1, 0.15) is 12.0 Å². The van der Waals surface area contributed by atoms with E-state index in [1.165, 1.54) is 24.1 Å². The van der Waals surface area contributed by atoms with Crippen molar-refractivity contribution in [3.05, 3.63) is 33.9 Å². The molecule has 116 valence electrons. The van der Waals surface area contributed by atoms with Gasteiger partial charge in [-0.15, -0.1) is 0 Å². The van der Waals surface area contributed by atoms with Crippen LogP contribution in [0.2, 0.25) is 0 Å². The van der Waals surface area contributed by atoms with Crippen LogP contribution in [0.25, 0.3) is 0 Å². The highest BCUT2D eigenvalue weighted by molar-refractivity contribution is 8.16. The molecule has 1 saturated heterocycles. The Morgan fingerprint density at radius 1 is 1.55 bits per heavy atom. The van der Waals surface area contributed by atoms with Gasteiger partial charge in [0.05, 0.1) is 17.0 Å². The second-order valence-corrected chi connectivity index (χ2v) is 5.78. The van der Waals surface area contributed by atoms with Crippen LogP contribution in [-0.2, 0) is 9.59 Å². The first-order valence-electron chi connectivity index (χ1n) is 6.29. The normalized spacial score (nSPS) is 19.7. The molecule has 8 nitrogen and oxygen atoms in total. The first-order chi connectivity index (χ1) is 10.3. The van der Waals surface area contributed by atoms with E-state index in [-0.39, 0.29) is 12.1 Å². The number of nitro benzene ring substituents is 1. The molecule has 1 aromatic carbocycles. The van der Waals surface area contributed by atoms with Crippen LogP contribution in [0.3, 0.4) is 0 Å². The zero-order valence-corrected chi connectivity index (χ0v) is 12.7. The Morgan fingerprint density at radius 2 is 2.23 bits per heavy atom. The number of carbonyl (C=O) groups is 2. The molecule has 1 amide bonds. The summed E-state index contributed by atoms with van der Waals surface area (Å²) >= 11 is 1.05. The minimum absolute atomic E-state index is 0.143. The average Bonchev–Trinajstić information content (AvgIpc) is 2.75. The highest BCUT2D eigenvalue weighted by atomic mass is 32.2. The molecule has 1 aliphatic heterocycles. The van der Waals surface area contributed by atoms with Gasteiger partial charge in [-0.1, -0.05) is 17.8 Å². The zero-order valence-electron chi connectivity index (χ0n) is 11.8. The van der Waals surface area contributed by atoms with Gasteiger partial charge in [0.2, 0.25) is 5.91 Å². The number of benzene rings is 1. The monoisotopic (exact) mass is 323 g/mol. The van der Waals surface area contributed by atoms with Gasteiger partial charge < -0.3 is 5.11 Å². The Kier molecular flexibility index (Phi) is 4.45. The summed E-state index contributed by atoms with van der Waals surface area (Å²) in [6, 6.07) is 4.19. The Morgan fingerprint density at radius 3 is 2.77 bits per heavy atom. The number of anilines is 1. The SMILES string of the molecule is CN=C1S[C@H](CC(=O)O)C(=O)N1c1cc([N+](=O)[O-])ccc1C. The number of amidine groups is 1. The van der Waals surface area contributed by atoms with Gasteiger partial charge >= 0.3 is 5.97 Å². The van der Waals surface area contributed by atoms with Crippen LogP contribution >= 0.6 is 11.8 Å². The van der Waals surface area contributed by atoms with Crippen molar-refractivity contribution in [2.24, 2.45) is 4.99 Å². The number of thioether (sulfide) groups is 1. The fourth-order valence-electron chi connectivity index (χ4n) is 2.08. The lowest BCUT2D eigenvalue weighted by molar-refractivity contribution is -0.384. The first-order valence-corrected chi connectivity index (χ1v) is 7.17. The van der Waals surface area contributed by atoms with Gasteiger partial charge in [-0.05, 0) is 12.5 Å². The third-order valence-corrected chi connectivity index (χ3v) is 4.36. The molecule has 0 bridgehead atoms. The summed E-state index contributed by atoms with van der Waals surface area (Å²) in [5.74, 6) is -1.52. The third kappa shape index (κ3) is 2.93. The fraction of sp³-hybridized carbons (Fsp3) is 0.308. The Labute approximate surface area is 130 Å². The van der Waals surface area contributed by atoms with Crippen molar-refractivity contribution in [3.63, 3.8) is 0 Å². The molecule has 9 heteroatoms. The van der Waals surface area contributed by atoms with Crippen LogP contribution in [-0.4, -0.2) is 39.4 Å². The molecule has 1 atom stereocenters. The molecular weight excluding hydrogens is 310 g/mol. The molecule has 1 aromatic rings. The number of hydrogen-bond acceptors (Lipinski definition) is 6. The molecule has 1 heterocycles. The zero-order chi connectivity index (χ0) is 16.4. The summed E-state index contributed by atoms with van der Waals surface area (Å²) in [5.41, 5.74) is 0.868. The van der Waals surface area contributed by atoms with Crippen molar-refractivity contribution >= 4 is 40.2 Å². The van der Waals surface area contributed by atoms with Crippen LogP contribution in [0.15, 0.2) is 23.2 Å². The fourth-order valence-corrected chi connectivity index (χ4v) is 3.17. The predicted molar refractivity (Wildman–Crippen MR) is 82.3 cm³/mol. The predicted octanol–water partition coefficient (Wildman–Crippen LogP) is 1.81. The van der Waals surface area contributed by atoms with Gasteiger partial charge in [0.25, 0.3) is 5.69 Å². The van der Waals surface area contributed by atoms with Crippen molar-refractivity contribution in [1.29, 1.82) is 0 Å². The number of carboxylic acid groups (broad SMARTS) is 1. The van der Waals surface area contributed by atoms with E-state index in [0.29, 0.717) is 16.4 Å². The number of amides is 1. The van der Waals surface area contributed by atoms with E-state index in [4.69, 9.17) is 5.11 Å². The summed E-state index contributed by atoms with van der Waals surface area (Å²) in [5, 5.41) is 19.3. The minimum atomic E-state index is -1.08. The molecule has 1 fully saturated rings. The molecule has 1 aliphatic rings. The van der Waals surface area contributed by atoms with Crippen molar-refractivity contribution in [2.75, 3.05) is 11.9 Å². The van der Waals surface area contributed by atoms with Gasteiger partial charge in [0, 0.05) is 19.2 Å². The van der Waals surface area contributed by atoms with Gasteiger partial charge in [0.1, 0.15) is 5.25 Å². The maximum Gasteiger partial charge on any atom is 0.305 e. The maximum absolute atomic E-state index is 12.4.